The van der Waals surface area contributed by atoms with Gasteiger partial charge in [-0.15, -0.1) is 0 Å². The van der Waals surface area contributed by atoms with E-state index in [9.17, 15) is 9.18 Å². The number of carbonyl (C=O) groups is 1. The summed E-state index contributed by atoms with van der Waals surface area (Å²) in [6, 6.07) is 4.54. The summed E-state index contributed by atoms with van der Waals surface area (Å²) in [7, 11) is 1.68. The van der Waals surface area contributed by atoms with Gasteiger partial charge in [0.25, 0.3) is 0 Å². The molecule has 1 fully saturated rings. The molecule has 0 heterocycles. The molecule has 2 N–H and O–H groups in total. The third kappa shape index (κ3) is 3.55. The number of nitrogens with zero attached hydrogens (tertiary/aromatic N) is 1. The van der Waals surface area contributed by atoms with Gasteiger partial charge in [-0.2, -0.15) is 0 Å². The number of rotatable bonds is 3. The van der Waals surface area contributed by atoms with Gasteiger partial charge in [-0.1, -0.05) is 30.5 Å². The van der Waals surface area contributed by atoms with Crippen molar-refractivity contribution in [3.63, 3.8) is 0 Å². The Morgan fingerprint density at radius 3 is 2.86 bits per heavy atom. The highest BCUT2D eigenvalue weighted by Crippen LogP contribution is 2.33. The summed E-state index contributed by atoms with van der Waals surface area (Å²) in [6.07, 6.45) is 3.70. The Balaban J connectivity index is 2.13. The summed E-state index contributed by atoms with van der Waals surface area (Å²) in [6.45, 7) is 2.09. The fraction of sp³-hybridized carbons (Fsp3) is 0.562. The van der Waals surface area contributed by atoms with Crippen molar-refractivity contribution >= 4 is 17.5 Å². The van der Waals surface area contributed by atoms with E-state index in [1.807, 2.05) is 6.92 Å². The van der Waals surface area contributed by atoms with E-state index < -0.39 is 5.54 Å². The second-order valence-corrected chi connectivity index (χ2v) is 6.61. The Kier molecular flexibility index (Phi) is 4.89. The highest BCUT2D eigenvalue weighted by molar-refractivity contribution is 6.31. The lowest BCUT2D eigenvalue weighted by molar-refractivity contribution is -0.138. The number of hydrogen-bond donors (Lipinski definition) is 1. The number of carbonyl (C=O) groups excluding carboxylic acids is 1. The van der Waals surface area contributed by atoms with Gasteiger partial charge < -0.3 is 10.6 Å². The molecule has 21 heavy (non-hydrogen) atoms. The van der Waals surface area contributed by atoms with Crippen LogP contribution in [-0.4, -0.2) is 23.4 Å². The van der Waals surface area contributed by atoms with E-state index >= 15 is 0 Å². The Hall–Kier alpha value is -1.13. The van der Waals surface area contributed by atoms with Crippen molar-refractivity contribution in [2.75, 3.05) is 7.05 Å². The first kappa shape index (κ1) is 16.2. The van der Waals surface area contributed by atoms with E-state index in [-0.39, 0.29) is 24.2 Å². The molecule has 1 aromatic carbocycles. The summed E-state index contributed by atoms with van der Waals surface area (Å²) < 4.78 is 13.8. The molecule has 1 aliphatic rings. The van der Waals surface area contributed by atoms with Crippen LogP contribution >= 0.6 is 11.6 Å². The van der Waals surface area contributed by atoms with Crippen LogP contribution in [0.4, 0.5) is 4.39 Å². The average Bonchev–Trinajstić information content (AvgIpc) is 2.41. The second kappa shape index (κ2) is 6.32. The molecular formula is C16H22ClFN2O. The molecule has 0 radical (unpaired) electrons. The minimum atomic E-state index is -0.484. The van der Waals surface area contributed by atoms with E-state index in [0.29, 0.717) is 10.6 Å². The van der Waals surface area contributed by atoms with E-state index in [1.54, 1.807) is 19.2 Å². The van der Waals surface area contributed by atoms with Crippen LogP contribution in [0.2, 0.25) is 5.02 Å². The number of hydrogen-bond acceptors (Lipinski definition) is 2. The molecule has 0 saturated heterocycles. The summed E-state index contributed by atoms with van der Waals surface area (Å²) in [5.41, 5.74) is 6.13. The zero-order valence-electron chi connectivity index (χ0n) is 12.5. The molecule has 2 unspecified atom stereocenters. The molecule has 1 aromatic rings. The van der Waals surface area contributed by atoms with Gasteiger partial charge in [-0.3, -0.25) is 4.79 Å². The minimum Gasteiger partial charge on any atom is -0.341 e. The maximum Gasteiger partial charge on any atom is 0.227 e. The number of nitrogens with two attached hydrogens (primary N) is 1. The van der Waals surface area contributed by atoms with Gasteiger partial charge >= 0.3 is 0 Å². The smallest absolute Gasteiger partial charge is 0.227 e. The van der Waals surface area contributed by atoms with E-state index in [1.165, 1.54) is 11.0 Å². The van der Waals surface area contributed by atoms with Crippen LogP contribution in [0.25, 0.3) is 0 Å². The maximum absolute atomic E-state index is 13.8. The first-order valence-corrected chi connectivity index (χ1v) is 7.67. The molecule has 116 valence electrons. The molecule has 1 amide bonds. The molecule has 2 rings (SSSR count). The van der Waals surface area contributed by atoms with Crippen molar-refractivity contribution in [3.8, 4) is 0 Å². The van der Waals surface area contributed by atoms with Crippen LogP contribution in [-0.2, 0) is 11.3 Å². The van der Waals surface area contributed by atoms with Crippen molar-refractivity contribution in [2.24, 2.45) is 11.7 Å². The molecular weight excluding hydrogens is 291 g/mol. The molecule has 5 heteroatoms. The van der Waals surface area contributed by atoms with E-state index in [0.717, 1.165) is 25.7 Å². The number of halogens is 2. The van der Waals surface area contributed by atoms with Crippen molar-refractivity contribution in [1.29, 1.82) is 0 Å². The minimum absolute atomic E-state index is 0.0287. The Morgan fingerprint density at radius 2 is 2.24 bits per heavy atom. The quantitative estimate of drug-likeness (QED) is 0.930. The zero-order valence-corrected chi connectivity index (χ0v) is 13.3. The second-order valence-electron chi connectivity index (χ2n) is 6.20. The van der Waals surface area contributed by atoms with Crippen molar-refractivity contribution in [2.45, 2.75) is 44.7 Å². The Labute approximate surface area is 130 Å². The van der Waals surface area contributed by atoms with Crippen LogP contribution in [0.1, 0.15) is 38.2 Å². The van der Waals surface area contributed by atoms with E-state index in [4.69, 9.17) is 17.3 Å². The van der Waals surface area contributed by atoms with Crippen LogP contribution in [0.15, 0.2) is 18.2 Å². The zero-order chi connectivity index (χ0) is 15.6. The summed E-state index contributed by atoms with van der Waals surface area (Å²) in [5.74, 6) is -0.623. The van der Waals surface area contributed by atoms with Crippen molar-refractivity contribution in [1.82, 2.24) is 4.90 Å². The first-order valence-electron chi connectivity index (χ1n) is 7.29. The van der Waals surface area contributed by atoms with Gasteiger partial charge in [0.15, 0.2) is 0 Å². The predicted molar refractivity (Wildman–Crippen MR) is 82.4 cm³/mol. The first-order chi connectivity index (χ1) is 9.83. The van der Waals surface area contributed by atoms with Gasteiger partial charge in [-0.25, -0.2) is 4.39 Å². The van der Waals surface area contributed by atoms with Gasteiger partial charge in [-0.05, 0) is 31.9 Å². The topological polar surface area (TPSA) is 46.3 Å². The number of amides is 1. The molecule has 0 spiro atoms. The normalized spacial score (nSPS) is 25.7. The molecule has 1 aliphatic carbocycles. The lowest BCUT2D eigenvalue weighted by atomic mass is 9.74. The standard InChI is InChI=1S/C16H22ClFN2O/c1-16(19)9-4-3-6-12(16)15(21)20(2)10-11-13(17)7-5-8-14(11)18/h5,7-8,12H,3-4,6,9-10,19H2,1-2H3. The van der Waals surface area contributed by atoms with Crippen LogP contribution < -0.4 is 5.73 Å². The summed E-state index contributed by atoms with van der Waals surface area (Å²) in [4.78, 5) is 14.2. The maximum atomic E-state index is 13.8. The third-order valence-electron chi connectivity index (χ3n) is 4.39. The molecule has 0 bridgehead atoms. The van der Waals surface area contributed by atoms with Crippen molar-refractivity contribution in [3.05, 3.63) is 34.6 Å². The highest BCUT2D eigenvalue weighted by Gasteiger charge is 2.39. The monoisotopic (exact) mass is 312 g/mol. The predicted octanol–water partition coefficient (Wildman–Crippen LogP) is 3.35. The fourth-order valence-corrected chi connectivity index (χ4v) is 3.25. The highest BCUT2D eigenvalue weighted by atomic mass is 35.5. The SMILES string of the molecule is CN(Cc1c(F)cccc1Cl)C(=O)C1CCCCC1(C)N. The molecule has 1 saturated carbocycles. The van der Waals surface area contributed by atoms with Gasteiger partial charge in [0, 0.05) is 29.7 Å². The lowest BCUT2D eigenvalue weighted by Gasteiger charge is -2.39. The van der Waals surface area contributed by atoms with E-state index in [2.05, 4.69) is 0 Å². The van der Waals surface area contributed by atoms with Crippen LogP contribution in [0.3, 0.4) is 0 Å². The Morgan fingerprint density at radius 1 is 1.52 bits per heavy atom. The third-order valence-corrected chi connectivity index (χ3v) is 4.74. The number of benzene rings is 1. The largest absolute Gasteiger partial charge is 0.341 e. The van der Waals surface area contributed by atoms with Crippen LogP contribution in [0, 0.1) is 11.7 Å². The summed E-state index contributed by atoms with van der Waals surface area (Å²) >= 11 is 6.02. The van der Waals surface area contributed by atoms with Gasteiger partial charge in [0.2, 0.25) is 5.91 Å². The average molecular weight is 313 g/mol. The fourth-order valence-electron chi connectivity index (χ4n) is 3.03. The lowest BCUT2D eigenvalue weighted by Crippen LogP contribution is -2.53. The molecule has 0 aliphatic heterocycles. The molecule has 2 atom stereocenters. The van der Waals surface area contributed by atoms with Crippen molar-refractivity contribution < 1.29 is 9.18 Å². The van der Waals surface area contributed by atoms with Gasteiger partial charge in [0.05, 0.1) is 5.92 Å². The van der Waals surface area contributed by atoms with Crippen LogP contribution in [0.5, 0.6) is 0 Å². The summed E-state index contributed by atoms with van der Waals surface area (Å²) in [5, 5.41) is 0.341. The molecule has 3 nitrogen and oxygen atoms in total. The molecule has 0 aromatic heterocycles. The van der Waals surface area contributed by atoms with Gasteiger partial charge in [0.1, 0.15) is 5.82 Å². The Bertz CT molecular complexity index is 513.